The smallest absolute Gasteiger partial charge is 0.263 e. The Labute approximate surface area is 182 Å². The maximum atomic E-state index is 12.9. The summed E-state index contributed by atoms with van der Waals surface area (Å²) < 4.78 is 40.0. The van der Waals surface area contributed by atoms with Gasteiger partial charge in [0, 0.05) is 24.1 Å². The van der Waals surface area contributed by atoms with Gasteiger partial charge in [-0.25, -0.2) is 12.8 Å². The number of Topliss-reactive ketones (excluding diaryl/α,β-unsaturated/α-hetero) is 1. The molecule has 160 valence electrons. The number of halogens is 2. The highest BCUT2D eigenvalue weighted by Crippen LogP contribution is 2.18. The Balaban J connectivity index is 1.55. The number of hydrogen-bond donors (Lipinski definition) is 2. The van der Waals surface area contributed by atoms with E-state index in [1.807, 2.05) is 0 Å². The Morgan fingerprint density at radius 2 is 1.58 bits per heavy atom. The molecule has 0 aliphatic heterocycles. The zero-order valence-electron chi connectivity index (χ0n) is 15.9. The maximum Gasteiger partial charge on any atom is 0.263 e. The molecule has 0 atom stereocenters. The lowest BCUT2D eigenvalue weighted by atomic mass is 10.1. The lowest BCUT2D eigenvalue weighted by Crippen LogP contribution is -2.15. The van der Waals surface area contributed by atoms with Crippen molar-refractivity contribution in [2.75, 3.05) is 10.0 Å². The largest absolute Gasteiger partial charge is 0.326 e. The number of hydrogen-bond acceptors (Lipinski definition) is 6. The minimum Gasteiger partial charge on any atom is -0.326 e. The molecule has 2 N–H and O–H groups in total. The van der Waals surface area contributed by atoms with E-state index in [1.165, 1.54) is 60.7 Å². The Morgan fingerprint density at radius 3 is 2.19 bits per heavy atom. The van der Waals surface area contributed by atoms with Gasteiger partial charge in [0.05, 0.1) is 4.90 Å². The molecule has 2 aromatic carbocycles. The summed E-state index contributed by atoms with van der Waals surface area (Å²) in [6.07, 6.45) is -0.122. The summed E-state index contributed by atoms with van der Waals surface area (Å²) in [6.45, 7) is 0. The van der Waals surface area contributed by atoms with Crippen LogP contribution in [0.3, 0.4) is 0 Å². The summed E-state index contributed by atoms with van der Waals surface area (Å²) in [5.74, 6) is -1.14. The Morgan fingerprint density at radius 1 is 0.903 bits per heavy atom. The lowest BCUT2D eigenvalue weighted by molar-refractivity contribution is -0.116. The highest BCUT2D eigenvalue weighted by atomic mass is 35.5. The third-order valence-corrected chi connectivity index (χ3v) is 5.64. The van der Waals surface area contributed by atoms with Crippen LogP contribution < -0.4 is 10.0 Å². The summed E-state index contributed by atoms with van der Waals surface area (Å²) in [6, 6.07) is 13.3. The molecule has 0 radical (unpaired) electrons. The van der Waals surface area contributed by atoms with Crippen molar-refractivity contribution in [3.8, 4) is 0 Å². The van der Waals surface area contributed by atoms with Gasteiger partial charge >= 0.3 is 0 Å². The average molecular weight is 463 g/mol. The van der Waals surface area contributed by atoms with Gasteiger partial charge < -0.3 is 5.32 Å². The van der Waals surface area contributed by atoms with Crippen LogP contribution in [0, 0.1) is 5.82 Å². The number of sulfonamides is 1. The van der Waals surface area contributed by atoms with Crippen LogP contribution in [0.2, 0.25) is 5.15 Å². The van der Waals surface area contributed by atoms with E-state index in [-0.39, 0.29) is 34.5 Å². The number of ketones is 1. The number of amides is 1. The van der Waals surface area contributed by atoms with Crippen LogP contribution in [-0.2, 0) is 14.8 Å². The zero-order chi connectivity index (χ0) is 22.4. The van der Waals surface area contributed by atoms with Crippen LogP contribution in [0.15, 0.2) is 65.6 Å². The molecule has 3 rings (SSSR count). The van der Waals surface area contributed by atoms with Crippen LogP contribution in [0.1, 0.15) is 23.2 Å². The standard InChI is InChI=1S/C20H16ClFN4O4S/c21-18-10-11-19(25-24-18)26-31(29,30)16-7-5-15(6-8-16)23-20(28)12-9-17(27)13-1-3-14(22)4-2-13/h1-8,10-11H,9,12H2,(H,23,28)(H,25,26). The summed E-state index contributed by atoms with van der Waals surface area (Å²) in [4.78, 5) is 24.1. The Hall–Kier alpha value is -3.37. The predicted molar refractivity (Wildman–Crippen MR) is 113 cm³/mol. The molecule has 1 amide bonds. The van der Waals surface area contributed by atoms with Gasteiger partial charge in [-0.1, -0.05) is 11.6 Å². The average Bonchev–Trinajstić information content (AvgIpc) is 2.74. The Bertz CT molecular complexity index is 1190. The molecule has 0 bridgehead atoms. The summed E-state index contributed by atoms with van der Waals surface area (Å²) in [7, 11) is -3.91. The first kappa shape index (κ1) is 22.3. The number of anilines is 2. The SMILES string of the molecule is O=C(CCC(=O)c1ccc(F)cc1)Nc1ccc(S(=O)(=O)Nc2ccc(Cl)nn2)cc1. The third kappa shape index (κ3) is 6.30. The van der Waals surface area contributed by atoms with Gasteiger partial charge in [0.15, 0.2) is 16.8 Å². The molecule has 0 unspecified atom stereocenters. The maximum absolute atomic E-state index is 12.9. The second-order valence-corrected chi connectivity index (χ2v) is 8.42. The minimum atomic E-state index is -3.91. The molecule has 0 fully saturated rings. The summed E-state index contributed by atoms with van der Waals surface area (Å²) in [5.41, 5.74) is 0.686. The quantitative estimate of drug-likeness (QED) is 0.493. The van der Waals surface area contributed by atoms with Gasteiger partial charge in [0.25, 0.3) is 10.0 Å². The number of aromatic nitrogens is 2. The molecule has 1 aromatic heterocycles. The number of carbonyl (C=O) groups is 2. The van der Waals surface area contributed by atoms with E-state index < -0.39 is 21.7 Å². The van der Waals surface area contributed by atoms with Crippen molar-refractivity contribution in [3.63, 3.8) is 0 Å². The number of carbonyl (C=O) groups excluding carboxylic acids is 2. The van der Waals surface area contributed by atoms with Gasteiger partial charge in [-0.15, -0.1) is 10.2 Å². The lowest BCUT2D eigenvalue weighted by Gasteiger charge is -2.09. The molecule has 0 aliphatic rings. The van der Waals surface area contributed by atoms with Crippen molar-refractivity contribution < 1.29 is 22.4 Å². The second kappa shape index (κ2) is 9.63. The first-order valence-electron chi connectivity index (χ1n) is 8.94. The third-order valence-electron chi connectivity index (χ3n) is 4.06. The van der Waals surface area contributed by atoms with Crippen molar-refractivity contribution in [1.29, 1.82) is 0 Å². The van der Waals surface area contributed by atoms with E-state index in [0.717, 1.165) is 0 Å². The van der Waals surface area contributed by atoms with E-state index in [1.54, 1.807) is 0 Å². The number of nitrogens with zero attached hydrogens (tertiary/aromatic N) is 2. The molecule has 1 heterocycles. The van der Waals surface area contributed by atoms with E-state index in [0.29, 0.717) is 11.3 Å². The molecule has 0 spiro atoms. The molecular formula is C20H16ClFN4O4S. The first-order valence-corrected chi connectivity index (χ1v) is 10.8. The monoisotopic (exact) mass is 462 g/mol. The molecule has 0 saturated carbocycles. The van der Waals surface area contributed by atoms with E-state index >= 15 is 0 Å². The van der Waals surface area contributed by atoms with Crippen LogP contribution in [-0.4, -0.2) is 30.3 Å². The normalized spacial score (nSPS) is 11.0. The van der Waals surface area contributed by atoms with Gasteiger partial charge in [0.1, 0.15) is 5.82 Å². The number of nitrogens with one attached hydrogen (secondary N) is 2. The molecule has 0 saturated heterocycles. The van der Waals surface area contributed by atoms with Gasteiger partial charge in [-0.3, -0.25) is 14.3 Å². The van der Waals surface area contributed by atoms with Crippen LogP contribution in [0.5, 0.6) is 0 Å². The van der Waals surface area contributed by atoms with E-state index in [9.17, 15) is 22.4 Å². The summed E-state index contributed by atoms with van der Waals surface area (Å²) in [5, 5.41) is 9.90. The van der Waals surface area contributed by atoms with Gasteiger partial charge in [-0.2, -0.15) is 0 Å². The highest BCUT2D eigenvalue weighted by Gasteiger charge is 2.16. The highest BCUT2D eigenvalue weighted by molar-refractivity contribution is 7.92. The van der Waals surface area contributed by atoms with Crippen LogP contribution in [0.25, 0.3) is 0 Å². The topological polar surface area (TPSA) is 118 Å². The van der Waals surface area contributed by atoms with Crippen molar-refractivity contribution in [3.05, 3.63) is 77.2 Å². The fourth-order valence-corrected chi connectivity index (χ4v) is 3.61. The molecule has 8 nitrogen and oxygen atoms in total. The Kier molecular flexibility index (Phi) is 6.93. The fraction of sp³-hybridized carbons (Fsp3) is 0.100. The molecule has 3 aromatic rings. The van der Waals surface area contributed by atoms with Crippen molar-refractivity contribution >= 4 is 44.8 Å². The van der Waals surface area contributed by atoms with Crippen LogP contribution >= 0.6 is 11.6 Å². The van der Waals surface area contributed by atoms with Crippen molar-refractivity contribution in [2.45, 2.75) is 17.7 Å². The molecule has 31 heavy (non-hydrogen) atoms. The number of benzene rings is 2. The predicted octanol–water partition coefficient (Wildman–Crippen LogP) is 3.67. The van der Waals surface area contributed by atoms with Crippen molar-refractivity contribution in [1.82, 2.24) is 10.2 Å². The van der Waals surface area contributed by atoms with Crippen LogP contribution in [0.4, 0.5) is 15.9 Å². The second-order valence-electron chi connectivity index (χ2n) is 6.35. The van der Waals surface area contributed by atoms with E-state index in [4.69, 9.17) is 11.6 Å². The van der Waals surface area contributed by atoms with Gasteiger partial charge in [0.2, 0.25) is 5.91 Å². The minimum absolute atomic E-state index is 0.00704. The first-order chi connectivity index (χ1) is 14.7. The summed E-state index contributed by atoms with van der Waals surface area (Å²) >= 11 is 5.62. The molecular weight excluding hydrogens is 447 g/mol. The van der Waals surface area contributed by atoms with E-state index in [2.05, 4.69) is 20.2 Å². The van der Waals surface area contributed by atoms with Gasteiger partial charge in [-0.05, 0) is 60.7 Å². The fourth-order valence-electron chi connectivity index (χ4n) is 2.52. The molecule has 11 heteroatoms. The zero-order valence-corrected chi connectivity index (χ0v) is 17.5. The number of rotatable bonds is 8. The van der Waals surface area contributed by atoms with Crippen molar-refractivity contribution in [2.24, 2.45) is 0 Å². The molecule has 0 aliphatic carbocycles.